The zero-order chi connectivity index (χ0) is 7.14. The summed E-state index contributed by atoms with van der Waals surface area (Å²) in [6, 6.07) is 1.84. The topological polar surface area (TPSA) is 34.9 Å². The molecule has 1 aliphatic rings. The van der Waals surface area contributed by atoms with E-state index in [1.54, 1.807) is 4.68 Å². The molecule has 1 aromatic heterocycles. The van der Waals surface area contributed by atoms with Crippen LogP contribution in [0.3, 0.4) is 0 Å². The molecule has 0 amide bonds. The van der Waals surface area contributed by atoms with Crippen molar-refractivity contribution in [2.45, 2.75) is 19.9 Å². The van der Waals surface area contributed by atoms with Crippen LogP contribution in [-0.4, -0.2) is 15.6 Å². The maximum absolute atomic E-state index is 11.0. The summed E-state index contributed by atoms with van der Waals surface area (Å²) in [5.74, 6) is 0.223. The summed E-state index contributed by atoms with van der Waals surface area (Å²) in [5, 5.41) is 4.14. The molecule has 2 heterocycles. The van der Waals surface area contributed by atoms with Crippen LogP contribution in [-0.2, 0) is 6.54 Å². The van der Waals surface area contributed by atoms with Crippen LogP contribution in [0.15, 0.2) is 6.07 Å². The summed E-state index contributed by atoms with van der Waals surface area (Å²) in [5.41, 5.74) is 1.71. The predicted octanol–water partition coefficient (Wildman–Crippen LogP) is 0.778. The Bertz CT molecular complexity index is 288. The Hall–Kier alpha value is -1.12. The molecule has 0 fully saturated rings. The van der Waals surface area contributed by atoms with Crippen LogP contribution < -0.4 is 0 Å². The summed E-state index contributed by atoms with van der Waals surface area (Å²) in [4.78, 5) is 11.0. The number of ketones is 1. The van der Waals surface area contributed by atoms with E-state index in [9.17, 15) is 4.79 Å². The second-order valence-corrected chi connectivity index (χ2v) is 2.57. The average molecular weight is 136 g/mol. The van der Waals surface area contributed by atoms with Crippen molar-refractivity contribution in [2.75, 3.05) is 0 Å². The van der Waals surface area contributed by atoms with Crippen molar-refractivity contribution in [3.63, 3.8) is 0 Å². The molecule has 0 N–H and O–H groups in total. The molecule has 3 heteroatoms. The number of Topliss-reactive ketones (excluding diaryl/α,β-unsaturated/α-hetero) is 1. The highest BCUT2D eigenvalue weighted by Crippen LogP contribution is 2.14. The number of aryl methyl sites for hydroxylation is 2. The molecule has 0 saturated heterocycles. The van der Waals surface area contributed by atoms with Crippen molar-refractivity contribution >= 4 is 5.78 Å². The zero-order valence-electron chi connectivity index (χ0n) is 5.79. The monoisotopic (exact) mass is 136 g/mol. The highest BCUT2D eigenvalue weighted by atomic mass is 16.1. The second-order valence-electron chi connectivity index (χ2n) is 2.57. The predicted molar refractivity (Wildman–Crippen MR) is 35.9 cm³/mol. The molecule has 0 bridgehead atoms. The first-order chi connectivity index (χ1) is 4.77. The lowest BCUT2D eigenvalue weighted by molar-refractivity contribution is 0.0994. The Kier molecular flexibility index (Phi) is 0.952. The van der Waals surface area contributed by atoms with Crippen molar-refractivity contribution in [1.29, 1.82) is 0 Å². The number of hydrogen-bond donors (Lipinski definition) is 0. The van der Waals surface area contributed by atoms with Crippen molar-refractivity contribution in [2.24, 2.45) is 0 Å². The van der Waals surface area contributed by atoms with Crippen LogP contribution in [0.4, 0.5) is 0 Å². The van der Waals surface area contributed by atoms with E-state index in [0.717, 1.165) is 17.9 Å². The van der Waals surface area contributed by atoms with Gasteiger partial charge in [0.2, 0.25) is 0 Å². The lowest BCUT2D eigenvalue weighted by Crippen LogP contribution is -1.94. The molecule has 2 rings (SSSR count). The van der Waals surface area contributed by atoms with Gasteiger partial charge in [-0.15, -0.1) is 0 Å². The standard InChI is InChI=1S/C7H8N2O/c1-5-4-6-7(10)2-3-9(6)8-5/h4H,2-3H2,1H3. The Morgan fingerprint density at radius 2 is 2.50 bits per heavy atom. The maximum Gasteiger partial charge on any atom is 0.182 e. The van der Waals surface area contributed by atoms with E-state index in [4.69, 9.17) is 0 Å². The highest BCUT2D eigenvalue weighted by molar-refractivity contribution is 5.96. The van der Waals surface area contributed by atoms with Crippen molar-refractivity contribution < 1.29 is 4.79 Å². The minimum absolute atomic E-state index is 0.223. The molecular formula is C7H8N2O. The largest absolute Gasteiger partial charge is 0.292 e. The fraction of sp³-hybridized carbons (Fsp3) is 0.429. The third-order valence-corrected chi connectivity index (χ3v) is 1.74. The van der Waals surface area contributed by atoms with Gasteiger partial charge in [-0.1, -0.05) is 0 Å². The minimum atomic E-state index is 0.223. The lowest BCUT2D eigenvalue weighted by Gasteiger charge is -1.87. The second kappa shape index (κ2) is 1.68. The SMILES string of the molecule is Cc1cc2n(n1)CCC2=O. The number of rotatable bonds is 0. The number of carbonyl (C=O) groups excluding carboxylic acids is 1. The molecule has 0 radical (unpaired) electrons. The summed E-state index contributed by atoms with van der Waals surface area (Å²) < 4.78 is 1.78. The summed E-state index contributed by atoms with van der Waals surface area (Å²) in [7, 11) is 0. The molecule has 3 nitrogen and oxygen atoms in total. The lowest BCUT2D eigenvalue weighted by atomic mass is 10.2. The van der Waals surface area contributed by atoms with Crippen molar-refractivity contribution in [1.82, 2.24) is 9.78 Å². The fourth-order valence-corrected chi connectivity index (χ4v) is 1.28. The van der Waals surface area contributed by atoms with Crippen LogP contribution in [0.5, 0.6) is 0 Å². The van der Waals surface area contributed by atoms with Crippen LogP contribution in [0.25, 0.3) is 0 Å². The fourth-order valence-electron chi connectivity index (χ4n) is 1.28. The van der Waals surface area contributed by atoms with Gasteiger partial charge in [-0.05, 0) is 13.0 Å². The maximum atomic E-state index is 11.0. The number of hydrogen-bond acceptors (Lipinski definition) is 2. The van der Waals surface area contributed by atoms with Gasteiger partial charge in [0.25, 0.3) is 0 Å². The van der Waals surface area contributed by atoms with Gasteiger partial charge in [-0.3, -0.25) is 9.48 Å². The molecule has 0 aromatic carbocycles. The quantitative estimate of drug-likeness (QED) is 0.528. The number of carbonyl (C=O) groups is 1. The molecule has 0 atom stereocenters. The van der Waals surface area contributed by atoms with E-state index < -0.39 is 0 Å². The molecule has 1 aliphatic heterocycles. The summed E-state index contributed by atoms with van der Waals surface area (Å²) in [6.07, 6.45) is 0.628. The van der Waals surface area contributed by atoms with Gasteiger partial charge in [0.15, 0.2) is 5.78 Å². The zero-order valence-corrected chi connectivity index (χ0v) is 5.79. The molecule has 1 aromatic rings. The molecule has 0 aliphatic carbocycles. The number of fused-ring (bicyclic) bond motifs is 1. The van der Waals surface area contributed by atoms with Crippen LogP contribution in [0.1, 0.15) is 22.6 Å². The third kappa shape index (κ3) is 0.602. The number of aromatic nitrogens is 2. The van der Waals surface area contributed by atoms with Gasteiger partial charge in [0.05, 0.1) is 5.69 Å². The van der Waals surface area contributed by atoms with E-state index in [0.29, 0.717) is 6.42 Å². The van der Waals surface area contributed by atoms with Crippen LogP contribution in [0, 0.1) is 6.92 Å². The molecule has 0 saturated carbocycles. The van der Waals surface area contributed by atoms with Gasteiger partial charge < -0.3 is 0 Å². The third-order valence-electron chi connectivity index (χ3n) is 1.74. The summed E-state index contributed by atoms with van der Waals surface area (Å²) >= 11 is 0. The molecular weight excluding hydrogens is 128 g/mol. The van der Waals surface area contributed by atoms with Gasteiger partial charge in [-0.25, -0.2) is 0 Å². The Balaban J connectivity index is 2.59. The molecule has 0 spiro atoms. The molecule has 52 valence electrons. The van der Waals surface area contributed by atoms with Gasteiger partial charge in [0, 0.05) is 13.0 Å². The minimum Gasteiger partial charge on any atom is -0.292 e. The van der Waals surface area contributed by atoms with Gasteiger partial charge in [-0.2, -0.15) is 5.10 Å². The highest BCUT2D eigenvalue weighted by Gasteiger charge is 2.20. The first-order valence-corrected chi connectivity index (χ1v) is 3.35. The van der Waals surface area contributed by atoms with E-state index in [2.05, 4.69) is 5.10 Å². The van der Waals surface area contributed by atoms with Crippen LogP contribution >= 0.6 is 0 Å². The Morgan fingerprint density at radius 3 is 3.20 bits per heavy atom. The van der Waals surface area contributed by atoms with Crippen LogP contribution in [0.2, 0.25) is 0 Å². The van der Waals surface area contributed by atoms with Crippen molar-refractivity contribution in [3.05, 3.63) is 17.5 Å². The van der Waals surface area contributed by atoms with Crippen molar-refractivity contribution in [3.8, 4) is 0 Å². The Morgan fingerprint density at radius 1 is 1.70 bits per heavy atom. The van der Waals surface area contributed by atoms with E-state index >= 15 is 0 Å². The smallest absolute Gasteiger partial charge is 0.182 e. The summed E-state index contributed by atoms with van der Waals surface area (Å²) in [6.45, 7) is 2.67. The van der Waals surface area contributed by atoms with E-state index in [-0.39, 0.29) is 5.78 Å². The molecule has 0 unspecified atom stereocenters. The number of nitrogens with zero attached hydrogens (tertiary/aromatic N) is 2. The normalized spacial score (nSPS) is 15.9. The van der Waals surface area contributed by atoms with Gasteiger partial charge in [0.1, 0.15) is 5.69 Å². The van der Waals surface area contributed by atoms with E-state index in [1.807, 2.05) is 13.0 Å². The Labute approximate surface area is 58.7 Å². The van der Waals surface area contributed by atoms with Gasteiger partial charge >= 0.3 is 0 Å². The first kappa shape index (κ1) is 5.65. The molecule has 10 heavy (non-hydrogen) atoms. The first-order valence-electron chi connectivity index (χ1n) is 3.35. The van der Waals surface area contributed by atoms with E-state index in [1.165, 1.54) is 0 Å². The average Bonchev–Trinajstić information content (AvgIpc) is 2.35.